The number of nitrogens with one attached hydrogen (secondary N) is 2. The largest absolute Gasteiger partial charge is 0.348 e. The molecule has 5 rings (SSSR count). The highest BCUT2D eigenvalue weighted by molar-refractivity contribution is 5.90. The zero-order chi connectivity index (χ0) is 25.1. The second kappa shape index (κ2) is 11.0. The van der Waals surface area contributed by atoms with Crippen molar-refractivity contribution < 1.29 is 9.59 Å². The van der Waals surface area contributed by atoms with E-state index in [-0.39, 0.29) is 29.8 Å². The molecule has 0 radical (unpaired) electrons. The first kappa shape index (κ1) is 24.8. The standard InChI is InChI=1S/C29H39N5O2/c1-20(30-2)28(35)32-27(21-9-4-3-5-10-21)29(36)34-16-8-13-25(34)22-14-15-31-26(17-22)33-18-23-11-6-7-12-24(23)19-33/h6-7,11-12,14-15,17,20-21,25,27,30H,3-5,8-10,13,16,18-19H2,1-2H3,(H,32,35)/t20-,25-,27-/m0/s1. The zero-order valence-corrected chi connectivity index (χ0v) is 21.6. The number of benzene rings is 1. The fraction of sp³-hybridized carbons (Fsp3) is 0.552. The molecule has 7 heteroatoms. The number of nitrogens with zero attached hydrogens (tertiary/aromatic N) is 3. The molecule has 3 atom stereocenters. The van der Waals surface area contributed by atoms with Crippen LogP contribution in [0, 0.1) is 5.92 Å². The normalized spacial score (nSPS) is 21.8. The predicted octanol–water partition coefficient (Wildman–Crippen LogP) is 3.94. The summed E-state index contributed by atoms with van der Waals surface area (Å²) in [5.74, 6) is 1.14. The summed E-state index contributed by atoms with van der Waals surface area (Å²) in [5, 5.41) is 6.15. The van der Waals surface area contributed by atoms with Gasteiger partial charge in [-0.15, -0.1) is 0 Å². The smallest absolute Gasteiger partial charge is 0.245 e. The Morgan fingerprint density at radius 2 is 1.72 bits per heavy atom. The highest BCUT2D eigenvalue weighted by Crippen LogP contribution is 2.36. The van der Waals surface area contributed by atoms with Crippen molar-refractivity contribution in [2.24, 2.45) is 5.92 Å². The van der Waals surface area contributed by atoms with Crippen molar-refractivity contribution >= 4 is 17.6 Å². The molecular formula is C29H39N5O2. The van der Waals surface area contributed by atoms with E-state index >= 15 is 0 Å². The lowest BCUT2D eigenvalue weighted by molar-refractivity contribution is -0.139. The Balaban J connectivity index is 1.35. The number of hydrogen-bond donors (Lipinski definition) is 2. The Labute approximate surface area is 214 Å². The molecule has 3 aliphatic rings. The van der Waals surface area contributed by atoms with E-state index in [2.05, 4.69) is 56.9 Å². The molecular weight excluding hydrogens is 450 g/mol. The van der Waals surface area contributed by atoms with Gasteiger partial charge in [0.15, 0.2) is 0 Å². The number of likely N-dealkylation sites (N-methyl/N-ethyl adjacent to an activating group) is 1. The van der Waals surface area contributed by atoms with E-state index in [0.717, 1.165) is 69.5 Å². The van der Waals surface area contributed by atoms with Gasteiger partial charge in [-0.1, -0.05) is 43.5 Å². The molecule has 2 aliphatic heterocycles. The first-order valence-corrected chi connectivity index (χ1v) is 13.6. The summed E-state index contributed by atoms with van der Waals surface area (Å²) in [5.41, 5.74) is 3.84. The molecule has 0 spiro atoms. The number of pyridine rings is 1. The molecule has 2 amide bonds. The van der Waals surface area contributed by atoms with Crippen LogP contribution in [0.1, 0.15) is 74.6 Å². The van der Waals surface area contributed by atoms with Gasteiger partial charge in [0.1, 0.15) is 11.9 Å². The lowest BCUT2D eigenvalue weighted by Gasteiger charge is -2.35. The maximum absolute atomic E-state index is 14.0. The van der Waals surface area contributed by atoms with Crippen molar-refractivity contribution in [3.8, 4) is 0 Å². The van der Waals surface area contributed by atoms with Crippen LogP contribution < -0.4 is 15.5 Å². The summed E-state index contributed by atoms with van der Waals surface area (Å²) in [6.45, 7) is 4.29. The van der Waals surface area contributed by atoms with E-state index in [1.54, 1.807) is 7.05 Å². The Morgan fingerprint density at radius 1 is 1.00 bits per heavy atom. The van der Waals surface area contributed by atoms with Crippen LogP contribution in [0.25, 0.3) is 0 Å². The van der Waals surface area contributed by atoms with Gasteiger partial charge in [-0.05, 0) is 74.4 Å². The molecule has 36 heavy (non-hydrogen) atoms. The van der Waals surface area contributed by atoms with E-state index in [9.17, 15) is 9.59 Å². The second-order valence-electron chi connectivity index (χ2n) is 10.7. The Kier molecular flexibility index (Phi) is 7.56. The Bertz CT molecular complexity index is 1060. The molecule has 1 saturated heterocycles. The van der Waals surface area contributed by atoms with Gasteiger partial charge in [0.25, 0.3) is 0 Å². The minimum absolute atomic E-state index is 0.0222. The molecule has 1 saturated carbocycles. The summed E-state index contributed by atoms with van der Waals surface area (Å²) in [6.07, 6.45) is 9.25. The van der Waals surface area contributed by atoms with Gasteiger partial charge in [-0.3, -0.25) is 9.59 Å². The zero-order valence-electron chi connectivity index (χ0n) is 21.6. The predicted molar refractivity (Wildman–Crippen MR) is 141 cm³/mol. The molecule has 3 heterocycles. The number of hydrogen-bond acceptors (Lipinski definition) is 5. The van der Waals surface area contributed by atoms with E-state index < -0.39 is 6.04 Å². The maximum Gasteiger partial charge on any atom is 0.245 e. The van der Waals surface area contributed by atoms with Gasteiger partial charge in [-0.25, -0.2) is 4.98 Å². The summed E-state index contributed by atoms with van der Waals surface area (Å²) < 4.78 is 0. The van der Waals surface area contributed by atoms with Crippen LogP contribution in [0.3, 0.4) is 0 Å². The van der Waals surface area contributed by atoms with Gasteiger partial charge in [-0.2, -0.15) is 0 Å². The van der Waals surface area contributed by atoms with Gasteiger partial charge in [0.05, 0.1) is 12.1 Å². The van der Waals surface area contributed by atoms with Gasteiger partial charge >= 0.3 is 0 Å². The molecule has 2 fully saturated rings. The number of carbonyl (C=O) groups is 2. The number of rotatable bonds is 7. The average molecular weight is 490 g/mol. The van der Waals surface area contributed by atoms with Crippen molar-refractivity contribution in [2.45, 2.75) is 83.1 Å². The van der Waals surface area contributed by atoms with Crippen molar-refractivity contribution in [2.75, 3.05) is 18.5 Å². The van der Waals surface area contributed by atoms with E-state index in [4.69, 9.17) is 0 Å². The molecule has 2 N–H and O–H groups in total. The minimum atomic E-state index is -0.455. The van der Waals surface area contributed by atoms with E-state index in [0.29, 0.717) is 0 Å². The number of carbonyl (C=O) groups excluding carboxylic acids is 2. The van der Waals surface area contributed by atoms with Gasteiger partial charge in [0.2, 0.25) is 11.8 Å². The van der Waals surface area contributed by atoms with Crippen molar-refractivity contribution in [3.63, 3.8) is 0 Å². The van der Waals surface area contributed by atoms with Crippen LogP contribution in [0.5, 0.6) is 0 Å². The van der Waals surface area contributed by atoms with Crippen LogP contribution in [0.4, 0.5) is 5.82 Å². The van der Waals surface area contributed by atoms with Crippen molar-refractivity contribution in [1.29, 1.82) is 0 Å². The molecule has 7 nitrogen and oxygen atoms in total. The quantitative estimate of drug-likeness (QED) is 0.616. The molecule has 1 aromatic heterocycles. The fourth-order valence-electron chi connectivity index (χ4n) is 6.12. The monoisotopic (exact) mass is 489 g/mol. The number of aromatic nitrogens is 1. The van der Waals surface area contributed by atoms with Crippen LogP contribution in [-0.2, 0) is 22.7 Å². The number of anilines is 1. The lowest BCUT2D eigenvalue weighted by atomic mass is 9.83. The molecule has 192 valence electrons. The average Bonchev–Trinajstić information content (AvgIpc) is 3.59. The third kappa shape index (κ3) is 5.12. The summed E-state index contributed by atoms with van der Waals surface area (Å²) in [7, 11) is 1.78. The van der Waals surface area contributed by atoms with E-state index in [1.165, 1.54) is 17.5 Å². The number of amides is 2. The molecule has 1 aliphatic carbocycles. The van der Waals surface area contributed by atoms with Crippen LogP contribution in [0.2, 0.25) is 0 Å². The third-order valence-corrected chi connectivity index (χ3v) is 8.37. The Hall–Kier alpha value is -2.93. The fourth-order valence-corrected chi connectivity index (χ4v) is 6.12. The maximum atomic E-state index is 14.0. The number of likely N-dealkylation sites (tertiary alicyclic amines) is 1. The van der Waals surface area contributed by atoms with Gasteiger partial charge < -0.3 is 20.4 Å². The van der Waals surface area contributed by atoms with Crippen molar-refractivity contribution in [3.05, 3.63) is 59.3 Å². The summed E-state index contributed by atoms with van der Waals surface area (Å²) >= 11 is 0. The number of fused-ring (bicyclic) bond motifs is 1. The molecule has 2 aromatic rings. The van der Waals surface area contributed by atoms with Crippen molar-refractivity contribution in [1.82, 2.24) is 20.5 Å². The minimum Gasteiger partial charge on any atom is -0.348 e. The van der Waals surface area contributed by atoms with E-state index in [1.807, 2.05) is 18.0 Å². The molecule has 0 unspecified atom stereocenters. The lowest BCUT2D eigenvalue weighted by Crippen LogP contribution is -2.55. The van der Waals surface area contributed by atoms with Gasteiger partial charge in [0, 0.05) is 25.8 Å². The van der Waals surface area contributed by atoms with Crippen LogP contribution in [0.15, 0.2) is 42.6 Å². The summed E-state index contributed by atoms with van der Waals surface area (Å²) in [6, 6.07) is 12.0. The topological polar surface area (TPSA) is 77.6 Å². The SMILES string of the molecule is CN[C@@H](C)C(=O)N[C@H](C(=O)N1CCC[C@H]1c1ccnc(N2Cc3ccccc3C2)c1)C1CCCCC1. The highest BCUT2D eigenvalue weighted by atomic mass is 16.2. The molecule has 1 aromatic carbocycles. The molecule has 0 bridgehead atoms. The van der Waals surface area contributed by atoms with Crippen LogP contribution in [-0.4, -0.2) is 47.4 Å². The Morgan fingerprint density at radius 3 is 2.42 bits per heavy atom. The second-order valence-corrected chi connectivity index (χ2v) is 10.7. The summed E-state index contributed by atoms with van der Waals surface area (Å²) in [4.78, 5) is 35.9. The highest BCUT2D eigenvalue weighted by Gasteiger charge is 2.39. The first-order chi connectivity index (χ1) is 17.5. The first-order valence-electron chi connectivity index (χ1n) is 13.6. The van der Waals surface area contributed by atoms with Crippen LogP contribution >= 0.6 is 0 Å². The third-order valence-electron chi connectivity index (χ3n) is 8.37.